The van der Waals surface area contributed by atoms with E-state index in [0.717, 1.165) is 0 Å². The van der Waals surface area contributed by atoms with Crippen molar-refractivity contribution in [1.29, 1.82) is 0 Å². The highest BCUT2D eigenvalue weighted by Gasteiger charge is 2.11. The summed E-state index contributed by atoms with van der Waals surface area (Å²) in [5, 5.41) is -0.0619. The van der Waals surface area contributed by atoms with E-state index in [-0.39, 0.29) is 25.9 Å². The third-order valence-corrected chi connectivity index (χ3v) is 2.65. The molecule has 76 valence electrons. The molecule has 0 amide bonds. The van der Waals surface area contributed by atoms with Crippen LogP contribution in [0.4, 0.5) is 0 Å². The number of halogens is 5. The monoisotopic (exact) mass is 282 g/mol. The zero-order valence-corrected chi connectivity index (χ0v) is 10.7. The Labute approximate surface area is 102 Å². The van der Waals surface area contributed by atoms with Crippen LogP contribution in [0.5, 0.6) is 0 Å². The molecule has 0 aromatic carbocycles. The summed E-state index contributed by atoms with van der Waals surface area (Å²) in [6.45, 7) is 3.60. The van der Waals surface area contributed by atoms with E-state index >= 15 is 0 Å². The molecule has 0 unspecified atom stereocenters. The van der Waals surface area contributed by atoms with Crippen LogP contribution < -0.4 is 0 Å². The van der Waals surface area contributed by atoms with Crippen LogP contribution in [0.15, 0.2) is 19.8 Å². The van der Waals surface area contributed by atoms with Crippen LogP contribution in [-0.4, -0.2) is 6.10 Å². The maximum Gasteiger partial charge on any atom is 0.207 e. The molecule has 0 saturated heterocycles. The van der Waals surface area contributed by atoms with E-state index in [4.69, 9.17) is 62.7 Å². The second-order valence-electron chi connectivity index (χ2n) is 2.33. The summed E-state index contributed by atoms with van der Waals surface area (Å²) in [4.78, 5) is 0. The Hall–Kier alpha value is 0.730. The maximum atomic E-state index is 5.68. The lowest BCUT2D eigenvalue weighted by Crippen LogP contribution is -2.00. The van der Waals surface area contributed by atoms with Crippen LogP contribution in [0.25, 0.3) is 0 Å². The zero-order valence-electron chi connectivity index (χ0n) is 6.88. The first-order chi connectivity index (χ1) is 5.86. The molecule has 0 aliphatic carbocycles. The fraction of sp³-hybridized carbons (Fsp3) is 0.429. The van der Waals surface area contributed by atoms with Gasteiger partial charge in [-0.25, -0.2) is 0 Å². The summed E-state index contributed by atoms with van der Waals surface area (Å²) in [7, 11) is 0. The summed E-state index contributed by atoms with van der Waals surface area (Å²) in [5.41, 5.74) is 0. The second-order valence-corrected chi connectivity index (χ2v) is 4.38. The van der Waals surface area contributed by atoms with Crippen molar-refractivity contribution in [1.82, 2.24) is 0 Å². The minimum absolute atomic E-state index is 0.00275. The van der Waals surface area contributed by atoms with Crippen molar-refractivity contribution in [3.05, 3.63) is 19.8 Å². The van der Waals surface area contributed by atoms with Gasteiger partial charge in [0.05, 0.1) is 11.1 Å². The molecule has 0 heterocycles. The molecule has 0 aliphatic rings. The molecular formula is C7H7Cl5O. The predicted octanol–water partition coefficient (Wildman–Crippen LogP) is 4.94. The van der Waals surface area contributed by atoms with Gasteiger partial charge in [0.2, 0.25) is 5.22 Å². The summed E-state index contributed by atoms with van der Waals surface area (Å²) < 4.78 is 4.91. The summed E-state index contributed by atoms with van der Waals surface area (Å²) in [5.74, 6) is 0. The Morgan fingerprint density at radius 2 is 1.38 bits per heavy atom. The van der Waals surface area contributed by atoms with E-state index in [1.807, 2.05) is 0 Å². The first-order valence-corrected chi connectivity index (χ1v) is 5.18. The van der Waals surface area contributed by atoms with Gasteiger partial charge < -0.3 is 4.74 Å². The third-order valence-electron chi connectivity index (χ3n) is 0.870. The molecule has 0 atom stereocenters. The number of allylic oxidation sites excluding steroid dienone is 2. The molecule has 0 radical (unpaired) electrons. The molecule has 0 saturated carbocycles. The molecule has 1 nitrogen and oxygen atoms in total. The fourth-order valence-electron chi connectivity index (χ4n) is 0.428. The lowest BCUT2D eigenvalue weighted by molar-refractivity contribution is 0.167. The van der Waals surface area contributed by atoms with Crippen molar-refractivity contribution in [2.75, 3.05) is 0 Å². The van der Waals surface area contributed by atoms with E-state index in [1.165, 1.54) is 0 Å². The smallest absolute Gasteiger partial charge is 0.207 e. The van der Waals surface area contributed by atoms with E-state index in [0.29, 0.717) is 0 Å². The number of hydrogen-bond acceptors (Lipinski definition) is 1. The van der Waals surface area contributed by atoms with Gasteiger partial charge in [-0.05, 0) is 25.4 Å². The lowest BCUT2D eigenvalue weighted by Gasteiger charge is -2.09. The van der Waals surface area contributed by atoms with E-state index < -0.39 is 0 Å². The van der Waals surface area contributed by atoms with Gasteiger partial charge in [0.15, 0.2) is 0 Å². The molecule has 0 fully saturated rings. The number of hydrogen-bond donors (Lipinski definition) is 0. The highest BCUT2D eigenvalue weighted by molar-refractivity contribution is 6.62. The van der Waals surface area contributed by atoms with Gasteiger partial charge in [-0.3, -0.25) is 0 Å². The highest BCUT2D eigenvalue weighted by Crippen LogP contribution is 2.31. The largest absolute Gasteiger partial charge is 0.479 e. The molecule has 13 heavy (non-hydrogen) atoms. The van der Waals surface area contributed by atoms with Crippen LogP contribution in [0, 0.1) is 0 Å². The quantitative estimate of drug-likeness (QED) is 0.526. The van der Waals surface area contributed by atoms with Crippen LogP contribution >= 0.6 is 58.0 Å². The van der Waals surface area contributed by atoms with Crippen LogP contribution in [-0.2, 0) is 4.74 Å². The van der Waals surface area contributed by atoms with Gasteiger partial charge in [-0.2, -0.15) is 0 Å². The van der Waals surface area contributed by atoms with Crippen molar-refractivity contribution in [2.24, 2.45) is 0 Å². The van der Waals surface area contributed by atoms with E-state index in [2.05, 4.69) is 0 Å². The minimum atomic E-state index is -0.155. The fourth-order valence-corrected chi connectivity index (χ4v) is 1.26. The van der Waals surface area contributed by atoms with Crippen molar-refractivity contribution in [3.8, 4) is 0 Å². The minimum Gasteiger partial charge on any atom is -0.479 e. The van der Waals surface area contributed by atoms with Crippen LogP contribution in [0.1, 0.15) is 13.8 Å². The molecule has 0 rings (SSSR count). The molecule has 0 N–H and O–H groups in total. The van der Waals surface area contributed by atoms with Crippen molar-refractivity contribution in [3.63, 3.8) is 0 Å². The lowest BCUT2D eigenvalue weighted by atomic mass is 10.5. The zero-order chi connectivity index (χ0) is 10.6. The maximum absolute atomic E-state index is 5.68. The van der Waals surface area contributed by atoms with Crippen molar-refractivity contribution >= 4 is 58.0 Å². The normalized spacial score (nSPS) is 12.6. The Morgan fingerprint density at radius 3 is 1.69 bits per heavy atom. The van der Waals surface area contributed by atoms with Crippen molar-refractivity contribution < 1.29 is 4.74 Å². The van der Waals surface area contributed by atoms with Gasteiger partial charge >= 0.3 is 0 Å². The predicted molar refractivity (Wildman–Crippen MR) is 59.5 cm³/mol. The molecular weight excluding hydrogens is 277 g/mol. The molecule has 0 aromatic heterocycles. The Kier molecular flexibility index (Phi) is 6.61. The standard InChI is InChI=1S/C7H7Cl5O/c1-3(2)13-7(12)5(9)4(8)6(10)11/h3H,1-2H3/b7-5-. The van der Waals surface area contributed by atoms with Crippen LogP contribution in [0.3, 0.4) is 0 Å². The summed E-state index contributed by atoms with van der Waals surface area (Å²) in [6.07, 6.45) is -0.0974. The average Bonchev–Trinajstić information content (AvgIpc) is 2.00. The van der Waals surface area contributed by atoms with Crippen LogP contribution in [0.2, 0.25) is 0 Å². The summed E-state index contributed by atoms with van der Waals surface area (Å²) in [6, 6.07) is 0. The SMILES string of the molecule is CC(C)O/C(Cl)=C(\Cl)C(Cl)=C(Cl)Cl. The van der Waals surface area contributed by atoms with Gasteiger partial charge in [-0.1, -0.05) is 46.4 Å². The third kappa shape index (κ3) is 5.24. The van der Waals surface area contributed by atoms with Gasteiger partial charge in [0.1, 0.15) is 9.52 Å². The van der Waals surface area contributed by atoms with Gasteiger partial charge in [0.25, 0.3) is 0 Å². The van der Waals surface area contributed by atoms with Gasteiger partial charge in [0, 0.05) is 0 Å². The summed E-state index contributed by atoms with van der Waals surface area (Å²) >= 11 is 27.7. The molecule has 0 spiro atoms. The highest BCUT2D eigenvalue weighted by atomic mass is 35.5. The van der Waals surface area contributed by atoms with Gasteiger partial charge in [-0.15, -0.1) is 0 Å². The molecule has 0 bridgehead atoms. The molecule has 6 heteroatoms. The van der Waals surface area contributed by atoms with Crippen molar-refractivity contribution in [2.45, 2.75) is 20.0 Å². The number of ether oxygens (including phenoxy) is 1. The topological polar surface area (TPSA) is 9.23 Å². The first-order valence-electron chi connectivity index (χ1n) is 3.29. The Balaban J connectivity index is 4.72. The molecule has 0 aliphatic heterocycles. The average molecular weight is 284 g/mol. The first kappa shape index (κ1) is 13.7. The Morgan fingerprint density at radius 1 is 0.923 bits per heavy atom. The van der Waals surface area contributed by atoms with E-state index in [9.17, 15) is 0 Å². The second kappa shape index (κ2) is 6.26. The number of rotatable bonds is 3. The molecule has 0 aromatic rings. The van der Waals surface area contributed by atoms with E-state index in [1.54, 1.807) is 13.8 Å². The Bertz CT molecular complexity index is 239.